The van der Waals surface area contributed by atoms with Crippen LogP contribution in [-0.4, -0.2) is 15.8 Å². The highest BCUT2D eigenvalue weighted by molar-refractivity contribution is 6.15. The van der Waals surface area contributed by atoms with Crippen molar-refractivity contribution in [1.82, 2.24) is 9.97 Å². The third-order valence-corrected chi connectivity index (χ3v) is 3.34. The molecule has 0 bridgehead atoms. The van der Waals surface area contributed by atoms with Crippen LogP contribution in [0.2, 0.25) is 0 Å². The molecule has 98 valence electrons. The van der Waals surface area contributed by atoms with Crippen LogP contribution in [0.25, 0.3) is 12.2 Å². The zero-order valence-electron chi connectivity index (χ0n) is 11.0. The summed E-state index contributed by atoms with van der Waals surface area (Å²) in [5.74, 6) is 0.152. The average molecular weight is 262 g/mol. The molecular formula is C17H14N2O. The third kappa shape index (κ3) is 2.72. The van der Waals surface area contributed by atoms with Gasteiger partial charge >= 0.3 is 0 Å². The first-order valence-corrected chi connectivity index (χ1v) is 6.59. The molecule has 0 atom stereocenters. The molecular weight excluding hydrogens is 248 g/mol. The van der Waals surface area contributed by atoms with E-state index in [9.17, 15) is 4.79 Å². The summed E-state index contributed by atoms with van der Waals surface area (Å²) in [5, 5.41) is 0. The second-order valence-electron chi connectivity index (χ2n) is 4.73. The fourth-order valence-corrected chi connectivity index (χ4v) is 2.30. The van der Waals surface area contributed by atoms with Crippen LogP contribution in [0.15, 0.2) is 60.2 Å². The molecule has 1 saturated carbocycles. The largest absolute Gasteiger partial charge is 0.289 e. The van der Waals surface area contributed by atoms with E-state index in [1.54, 1.807) is 24.8 Å². The van der Waals surface area contributed by atoms with Gasteiger partial charge in [-0.2, -0.15) is 0 Å². The van der Waals surface area contributed by atoms with Gasteiger partial charge in [-0.1, -0.05) is 0 Å². The highest BCUT2D eigenvalue weighted by Crippen LogP contribution is 2.29. The predicted molar refractivity (Wildman–Crippen MR) is 78.7 cm³/mol. The molecule has 2 heterocycles. The number of Topliss-reactive ketones (excluding diaryl/α,β-unsaturated/α-hetero) is 1. The second-order valence-corrected chi connectivity index (χ2v) is 4.73. The lowest BCUT2D eigenvalue weighted by atomic mass is 10.1. The van der Waals surface area contributed by atoms with Gasteiger partial charge in [0.15, 0.2) is 5.78 Å². The lowest BCUT2D eigenvalue weighted by Crippen LogP contribution is -1.95. The maximum Gasteiger partial charge on any atom is 0.185 e. The highest BCUT2D eigenvalue weighted by Gasteiger charge is 2.22. The van der Waals surface area contributed by atoms with Crippen molar-refractivity contribution in [2.75, 3.05) is 0 Å². The van der Waals surface area contributed by atoms with Gasteiger partial charge in [0, 0.05) is 35.9 Å². The highest BCUT2D eigenvalue weighted by atomic mass is 16.1. The van der Waals surface area contributed by atoms with Crippen molar-refractivity contribution in [1.29, 1.82) is 0 Å². The number of pyridine rings is 2. The van der Waals surface area contributed by atoms with E-state index in [0.29, 0.717) is 0 Å². The molecule has 2 aromatic rings. The Labute approximate surface area is 117 Å². The molecule has 1 aliphatic carbocycles. The van der Waals surface area contributed by atoms with E-state index in [0.717, 1.165) is 35.1 Å². The minimum Gasteiger partial charge on any atom is -0.289 e. The summed E-state index contributed by atoms with van der Waals surface area (Å²) in [7, 11) is 0. The van der Waals surface area contributed by atoms with Crippen LogP contribution in [0.5, 0.6) is 0 Å². The lowest BCUT2D eigenvalue weighted by molar-refractivity contribution is -0.111. The number of hydrogen-bond acceptors (Lipinski definition) is 3. The molecule has 3 rings (SSSR count). The first-order chi connectivity index (χ1) is 9.83. The Morgan fingerprint density at radius 1 is 0.750 bits per heavy atom. The first kappa shape index (κ1) is 12.5. The molecule has 0 aliphatic heterocycles. The molecule has 3 nitrogen and oxygen atoms in total. The summed E-state index contributed by atoms with van der Waals surface area (Å²) in [5.41, 5.74) is 3.79. The van der Waals surface area contributed by atoms with E-state index in [1.165, 1.54) is 0 Å². The van der Waals surface area contributed by atoms with E-state index in [1.807, 2.05) is 36.4 Å². The Morgan fingerprint density at radius 2 is 1.15 bits per heavy atom. The van der Waals surface area contributed by atoms with Crippen molar-refractivity contribution in [3.63, 3.8) is 0 Å². The Kier molecular flexibility index (Phi) is 3.50. The number of rotatable bonds is 2. The van der Waals surface area contributed by atoms with Gasteiger partial charge < -0.3 is 0 Å². The van der Waals surface area contributed by atoms with Crippen LogP contribution < -0.4 is 0 Å². The molecule has 0 aromatic carbocycles. The normalized spacial score (nSPS) is 18.9. The molecule has 0 radical (unpaired) electrons. The summed E-state index contributed by atoms with van der Waals surface area (Å²) < 4.78 is 0. The topological polar surface area (TPSA) is 42.9 Å². The van der Waals surface area contributed by atoms with Crippen LogP contribution in [0, 0.1) is 0 Å². The minimum atomic E-state index is 0.152. The molecule has 0 N–H and O–H groups in total. The van der Waals surface area contributed by atoms with Crippen molar-refractivity contribution in [3.8, 4) is 0 Å². The molecule has 20 heavy (non-hydrogen) atoms. The van der Waals surface area contributed by atoms with Gasteiger partial charge in [-0.25, -0.2) is 0 Å². The van der Waals surface area contributed by atoms with Crippen molar-refractivity contribution < 1.29 is 4.79 Å². The fourth-order valence-electron chi connectivity index (χ4n) is 2.30. The van der Waals surface area contributed by atoms with Gasteiger partial charge in [0.05, 0.1) is 0 Å². The maximum absolute atomic E-state index is 12.3. The summed E-state index contributed by atoms with van der Waals surface area (Å²) in [6, 6.07) is 7.63. The number of ketones is 1. The average Bonchev–Trinajstić information content (AvgIpc) is 2.83. The van der Waals surface area contributed by atoms with Crippen molar-refractivity contribution in [2.45, 2.75) is 12.8 Å². The summed E-state index contributed by atoms with van der Waals surface area (Å²) in [6.07, 6.45) is 12.5. The van der Waals surface area contributed by atoms with Crippen LogP contribution >= 0.6 is 0 Å². The minimum absolute atomic E-state index is 0.152. The van der Waals surface area contributed by atoms with E-state index in [-0.39, 0.29) is 5.78 Å². The number of carbonyl (C=O) groups is 1. The van der Waals surface area contributed by atoms with Gasteiger partial charge in [-0.05, 0) is 60.4 Å². The molecule has 0 spiro atoms. The maximum atomic E-state index is 12.3. The fraction of sp³-hybridized carbons (Fsp3) is 0.118. The van der Waals surface area contributed by atoms with E-state index in [2.05, 4.69) is 9.97 Å². The Bertz CT molecular complexity index is 613. The number of carbonyl (C=O) groups excluding carboxylic acids is 1. The van der Waals surface area contributed by atoms with Gasteiger partial charge in [0.1, 0.15) is 0 Å². The summed E-state index contributed by atoms with van der Waals surface area (Å²) >= 11 is 0. The monoisotopic (exact) mass is 262 g/mol. The molecule has 0 amide bonds. The zero-order chi connectivity index (χ0) is 13.8. The summed E-state index contributed by atoms with van der Waals surface area (Å²) in [4.78, 5) is 20.3. The number of allylic oxidation sites excluding steroid dienone is 2. The quantitative estimate of drug-likeness (QED) is 0.780. The predicted octanol–water partition coefficient (Wildman–Crippen LogP) is 3.31. The number of hydrogen-bond donors (Lipinski definition) is 0. The third-order valence-electron chi connectivity index (χ3n) is 3.34. The molecule has 1 fully saturated rings. The molecule has 0 unspecified atom stereocenters. The Balaban J connectivity index is 1.85. The molecule has 2 aromatic heterocycles. The molecule has 0 saturated heterocycles. The zero-order valence-corrected chi connectivity index (χ0v) is 11.0. The Hall–Kier alpha value is -2.55. The first-order valence-electron chi connectivity index (χ1n) is 6.59. The Morgan fingerprint density at radius 3 is 1.55 bits per heavy atom. The van der Waals surface area contributed by atoms with Crippen LogP contribution in [0.1, 0.15) is 24.0 Å². The van der Waals surface area contributed by atoms with Gasteiger partial charge in [-0.15, -0.1) is 0 Å². The van der Waals surface area contributed by atoms with Crippen molar-refractivity contribution >= 4 is 17.9 Å². The van der Waals surface area contributed by atoms with Gasteiger partial charge in [-0.3, -0.25) is 14.8 Å². The van der Waals surface area contributed by atoms with E-state index in [4.69, 9.17) is 0 Å². The molecule has 1 aliphatic rings. The van der Waals surface area contributed by atoms with Crippen LogP contribution in [-0.2, 0) is 4.79 Å². The van der Waals surface area contributed by atoms with Crippen LogP contribution in [0.4, 0.5) is 0 Å². The van der Waals surface area contributed by atoms with Crippen molar-refractivity contribution in [3.05, 3.63) is 71.3 Å². The standard InChI is InChI=1S/C17H14N2O/c20-17-15(11-13-3-7-18-8-4-13)1-2-16(17)12-14-5-9-19-10-6-14/h3-12H,1-2H2/b15-11-,16-12+. The lowest BCUT2D eigenvalue weighted by Gasteiger charge is -1.97. The van der Waals surface area contributed by atoms with E-state index < -0.39 is 0 Å². The molecule has 3 heteroatoms. The second kappa shape index (κ2) is 5.61. The van der Waals surface area contributed by atoms with E-state index >= 15 is 0 Å². The number of nitrogens with zero attached hydrogens (tertiary/aromatic N) is 2. The summed E-state index contributed by atoms with van der Waals surface area (Å²) in [6.45, 7) is 0. The van der Waals surface area contributed by atoms with Gasteiger partial charge in [0.25, 0.3) is 0 Å². The smallest absolute Gasteiger partial charge is 0.185 e. The van der Waals surface area contributed by atoms with Crippen molar-refractivity contribution in [2.24, 2.45) is 0 Å². The SMILES string of the molecule is O=C1/C(=C\c2ccncc2)CC/C1=C\c1ccncc1. The van der Waals surface area contributed by atoms with Crippen LogP contribution in [0.3, 0.4) is 0 Å². The number of aromatic nitrogens is 2. The van der Waals surface area contributed by atoms with Gasteiger partial charge in [0.2, 0.25) is 0 Å².